The average Bonchev–Trinajstić information content (AvgIpc) is 2.44. The third-order valence-electron chi connectivity index (χ3n) is 3.86. The summed E-state index contributed by atoms with van der Waals surface area (Å²) < 4.78 is 10.2. The largest absolute Gasteiger partial charge is 0.220 e. The molecule has 0 bridgehead atoms. The van der Waals surface area contributed by atoms with Crippen molar-refractivity contribution in [2.75, 3.05) is 0 Å². The number of aryl methyl sites for hydroxylation is 3. The lowest BCUT2D eigenvalue weighted by molar-refractivity contribution is -0.659. The molecule has 0 radical (unpaired) electrons. The quantitative estimate of drug-likeness (QED) is 0.578. The van der Waals surface area contributed by atoms with Gasteiger partial charge in [-0.1, -0.05) is 35.4 Å². The minimum atomic E-state index is 0.531. The smallest absolute Gasteiger partial charge is 0.200 e. The van der Waals surface area contributed by atoms with Crippen molar-refractivity contribution in [3.63, 3.8) is 0 Å². The van der Waals surface area contributed by atoms with Crippen LogP contribution in [0.4, 0.5) is 0 Å². The van der Waals surface area contributed by atoms with Gasteiger partial charge in [0.25, 0.3) is 0 Å². The summed E-state index contributed by atoms with van der Waals surface area (Å²) in [6, 6.07) is 14.9. The van der Waals surface area contributed by atoms with E-state index in [-0.39, 0.29) is 0 Å². The van der Waals surface area contributed by atoms with Crippen LogP contribution in [0, 0.1) is 20.8 Å². The van der Waals surface area contributed by atoms with Gasteiger partial charge in [-0.25, -0.2) is 4.57 Å². The summed E-state index contributed by atoms with van der Waals surface area (Å²) in [6.07, 6.45) is 0.531. The van der Waals surface area contributed by atoms with Crippen LogP contribution in [0.15, 0.2) is 48.6 Å². The van der Waals surface area contributed by atoms with Crippen LogP contribution in [0.2, 0.25) is 0 Å². The Morgan fingerprint density at radius 3 is 2.40 bits per heavy atom. The van der Waals surface area contributed by atoms with Gasteiger partial charge < -0.3 is 0 Å². The lowest BCUT2D eigenvalue weighted by Crippen LogP contribution is -2.30. The monoisotopic (exact) mass is 263 g/mol. The van der Waals surface area contributed by atoms with Crippen LogP contribution < -0.4 is 4.57 Å². The van der Waals surface area contributed by atoms with Crippen molar-refractivity contribution >= 4 is 10.8 Å². The van der Waals surface area contributed by atoms with Crippen molar-refractivity contribution in [1.82, 2.24) is 0 Å². The van der Waals surface area contributed by atoms with E-state index in [0.717, 1.165) is 11.1 Å². The molecule has 0 aliphatic carbocycles. The molecular formula is C19H20N+. The molecule has 0 saturated carbocycles. The van der Waals surface area contributed by atoms with Crippen molar-refractivity contribution in [1.29, 1.82) is 0 Å². The molecule has 3 aromatic rings. The Kier molecular flexibility index (Phi) is 2.77. The van der Waals surface area contributed by atoms with Crippen LogP contribution in [-0.2, 0) is 7.05 Å². The second-order valence-electron chi connectivity index (χ2n) is 5.59. The van der Waals surface area contributed by atoms with Crippen LogP contribution in [-0.4, -0.2) is 0 Å². The minimum Gasteiger partial charge on any atom is -0.200 e. The Morgan fingerprint density at radius 2 is 1.60 bits per heavy atom. The van der Waals surface area contributed by atoms with Gasteiger partial charge in [-0.2, -0.15) is 0 Å². The third-order valence-corrected chi connectivity index (χ3v) is 3.86. The molecule has 20 heavy (non-hydrogen) atoms. The van der Waals surface area contributed by atoms with Crippen molar-refractivity contribution in [2.24, 2.45) is 7.05 Å². The molecule has 0 unspecified atom stereocenters. The number of fused-ring (bicyclic) bond motifs is 1. The normalized spacial score (nSPS) is 11.7. The van der Waals surface area contributed by atoms with E-state index in [1.807, 2.05) is 17.7 Å². The fraction of sp³-hybridized carbons (Fsp3) is 0.211. The number of rotatable bonds is 1. The summed E-state index contributed by atoms with van der Waals surface area (Å²) in [7, 11) is 1.97. The molecule has 3 rings (SSSR count). The lowest BCUT2D eigenvalue weighted by atomic mass is 9.97. The van der Waals surface area contributed by atoms with Crippen molar-refractivity contribution in [3.8, 4) is 11.3 Å². The predicted molar refractivity (Wildman–Crippen MR) is 84.8 cm³/mol. The minimum absolute atomic E-state index is 0.531. The molecular weight excluding hydrogens is 242 g/mol. The van der Waals surface area contributed by atoms with Crippen LogP contribution in [0.25, 0.3) is 22.0 Å². The van der Waals surface area contributed by atoms with E-state index < -0.39 is 0 Å². The van der Waals surface area contributed by atoms with E-state index in [1.165, 1.54) is 27.6 Å². The number of aromatic nitrogens is 1. The van der Waals surface area contributed by atoms with Gasteiger partial charge in [0.1, 0.15) is 8.42 Å². The maximum absolute atomic E-state index is 8.25. The Morgan fingerprint density at radius 1 is 0.900 bits per heavy atom. The van der Waals surface area contributed by atoms with Gasteiger partial charge in [0.15, 0.2) is 6.17 Å². The number of benzene rings is 2. The Balaban J connectivity index is 2.45. The van der Waals surface area contributed by atoms with E-state index >= 15 is 0 Å². The Bertz CT molecular complexity index is 850. The molecule has 0 amide bonds. The van der Waals surface area contributed by atoms with Gasteiger partial charge in [0, 0.05) is 11.6 Å². The summed E-state index contributed by atoms with van der Waals surface area (Å²) in [6.45, 7) is 6.33. The molecule has 0 saturated heterocycles. The molecule has 100 valence electrons. The molecule has 0 spiro atoms. The topological polar surface area (TPSA) is 3.88 Å². The fourth-order valence-electron chi connectivity index (χ4n) is 2.75. The standard InChI is InChI=1S/C19H20N/c1-13-6-8-17-16(11-13)9-10-20(4)19(17)18-12-14(2)5-7-15(18)3/h5-12H,1-4H3/q+1/i10D. The highest BCUT2D eigenvalue weighted by Crippen LogP contribution is 2.28. The second kappa shape index (κ2) is 4.75. The van der Waals surface area contributed by atoms with E-state index in [4.69, 9.17) is 1.37 Å². The molecule has 1 nitrogen and oxygen atoms in total. The summed E-state index contributed by atoms with van der Waals surface area (Å²) in [5, 5.41) is 2.34. The van der Waals surface area contributed by atoms with Gasteiger partial charge in [-0.15, -0.1) is 0 Å². The van der Waals surface area contributed by atoms with Gasteiger partial charge >= 0.3 is 0 Å². The molecule has 1 heteroatoms. The van der Waals surface area contributed by atoms with Gasteiger partial charge in [0.2, 0.25) is 5.69 Å². The number of pyridine rings is 1. The molecule has 1 heterocycles. The highest BCUT2D eigenvalue weighted by Gasteiger charge is 2.16. The second-order valence-corrected chi connectivity index (χ2v) is 5.59. The first-order valence-corrected chi connectivity index (χ1v) is 6.95. The zero-order valence-electron chi connectivity index (χ0n) is 13.5. The number of nitrogens with zero attached hydrogens (tertiary/aromatic N) is 1. The zero-order chi connectivity index (χ0) is 15.1. The molecule has 0 fully saturated rings. The summed E-state index contributed by atoms with van der Waals surface area (Å²) >= 11 is 0. The number of hydrogen-bond donors (Lipinski definition) is 0. The van der Waals surface area contributed by atoms with Crippen LogP contribution in [0.3, 0.4) is 0 Å². The lowest BCUT2D eigenvalue weighted by Gasteiger charge is -2.09. The zero-order valence-corrected chi connectivity index (χ0v) is 12.5. The predicted octanol–water partition coefficient (Wildman–Crippen LogP) is 4.26. The van der Waals surface area contributed by atoms with Gasteiger partial charge in [-0.05, 0) is 43.9 Å². The van der Waals surface area contributed by atoms with Crippen molar-refractivity contribution < 1.29 is 5.94 Å². The third kappa shape index (κ3) is 2.09. The van der Waals surface area contributed by atoms with Crippen LogP contribution in [0.5, 0.6) is 0 Å². The summed E-state index contributed by atoms with van der Waals surface area (Å²) in [4.78, 5) is 0. The maximum Gasteiger partial charge on any atom is 0.220 e. The summed E-state index contributed by atoms with van der Waals surface area (Å²) in [5.74, 6) is 0. The molecule has 0 atom stereocenters. The van der Waals surface area contributed by atoms with Crippen LogP contribution in [0.1, 0.15) is 18.1 Å². The van der Waals surface area contributed by atoms with Crippen LogP contribution >= 0.6 is 0 Å². The Labute approximate surface area is 121 Å². The molecule has 0 N–H and O–H groups in total. The SMILES string of the molecule is [2H]c1cc2cc(C)ccc2c(-c2cc(C)ccc2C)[n+]1C. The highest BCUT2D eigenvalue weighted by atomic mass is 14.9. The van der Waals surface area contributed by atoms with E-state index in [9.17, 15) is 0 Å². The Hall–Kier alpha value is -2.15. The molecule has 0 aliphatic heterocycles. The van der Waals surface area contributed by atoms with Crippen molar-refractivity contribution in [3.05, 3.63) is 65.3 Å². The summed E-state index contributed by atoms with van der Waals surface area (Å²) in [5.41, 5.74) is 6.04. The molecule has 1 aromatic heterocycles. The van der Waals surface area contributed by atoms with E-state index in [0.29, 0.717) is 6.17 Å². The average molecular weight is 263 g/mol. The van der Waals surface area contributed by atoms with Gasteiger partial charge in [-0.3, -0.25) is 0 Å². The fourth-order valence-corrected chi connectivity index (χ4v) is 2.75. The highest BCUT2D eigenvalue weighted by molar-refractivity contribution is 5.94. The van der Waals surface area contributed by atoms with Gasteiger partial charge in [0.05, 0.1) is 5.39 Å². The number of hydrogen-bond acceptors (Lipinski definition) is 0. The molecule has 2 aromatic carbocycles. The first kappa shape index (κ1) is 11.7. The van der Waals surface area contributed by atoms with Crippen molar-refractivity contribution in [2.45, 2.75) is 20.8 Å². The van der Waals surface area contributed by atoms with E-state index in [2.05, 4.69) is 57.2 Å². The first-order valence-electron chi connectivity index (χ1n) is 7.45. The maximum atomic E-state index is 8.25. The molecule has 0 aliphatic rings. The van der Waals surface area contributed by atoms with E-state index in [1.54, 1.807) is 0 Å². The first-order chi connectivity index (χ1) is 9.97.